The highest BCUT2D eigenvalue weighted by Crippen LogP contribution is 2.25. The number of carbonyl (C=O) groups is 1. The van der Waals surface area contributed by atoms with Gasteiger partial charge in [0, 0.05) is 28.8 Å². The highest BCUT2D eigenvalue weighted by molar-refractivity contribution is 7.92. The molecule has 1 fully saturated rings. The molecule has 0 aromatic heterocycles. The van der Waals surface area contributed by atoms with Gasteiger partial charge in [0.2, 0.25) is 26.0 Å². The number of ether oxygens (including phenoxy) is 1. The fraction of sp³-hybridized carbons (Fsp3) is 0.316. The second-order valence-electron chi connectivity index (χ2n) is 6.99. The molecule has 0 bridgehead atoms. The molecule has 0 radical (unpaired) electrons. The maximum absolute atomic E-state index is 12.8. The van der Waals surface area contributed by atoms with Crippen molar-refractivity contribution in [2.45, 2.75) is 4.90 Å². The number of halogens is 2. The summed E-state index contributed by atoms with van der Waals surface area (Å²) in [6.45, 7) is 0.581. The summed E-state index contributed by atoms with van der Waals surface area (Å²) < 4.78 is 57.5. The Kier molecular flexibility index (Phi) is 7.69. The average Bonchev–Trinajstić information content (AvgIpc) is 2.71. The number of sulfonamides is 2. The molecule has 1 heterocycles. The minimum atomic E-state index is -3.85. The van der Waals surface area contributed by atoms with Gasteiger partial charge in [-0.1, -0.05) is 23.2 Å². The number of rotatable bonds is 7. The zero-order chi connectivity index (χ0) is 23.5. The van der Waals surface area contributed by atoms with Crippen LogP contribution in [0.2, 0.25) is 10.0 Å². The van der Waals surface area contributed by atoms with E-state index in [0.717, 1.165) is 10.6 Å². The Balaban J connectivity index is 1.79. The first-order valence-electron chi connectivity index (χ1n) is 9.38. The van der Waals surface area contributed by atoms with Crippen LogP contribution in [0.25, 0.3) is 0 Å². The number of carbonyl (C=O) groups excluding carboxylic acids is 1. The Morgan fingerprint density at radius 3 is 2.12 bits per heavy atom. The molecule has 0 atom stereocenters. The predicted molar refractivity (Wildman–Crippen MR) is 123 cm³/mol. The van der Waals surface area contributed by atoms with E-state index in [-0.39, 0.29) is 23.7 Å². The van der Waals surface area contributed by atoms with Crippen LogP contribution in [0, 0.1) is 0 Å². The molecule has 1 N–H and O–H groups in total. The van der Waals surface area contributed by atoms with Crippen molar-refractivity contribution in [3.63, 3.8) is 0 Å². The zero-order valence-electron chi connectivity index (χ0n) is 17.0. The maximum atomic E-state index is 12.8. The van der Waals surface area contributed by atoms with Gasteiger partial charge in [0.1, 0.15) is 6.54 Å². The van der Waals surface area contributed by atoms with Gasteiger partial charge in [0.15, 0.2) is 0 Å². The van der Waals surface area contributed by atoms with E-state index in [4.69, 9.17) is 27.9 Å². The molecule has 32 heavy (non-hydrogen) atoms. The number of amides is 1. The molecule has 0 spiro atoms. The first-order valence-corrected chi connectivity index (χ1v) is 13.4. The van der Waals surface area contributed by atoms with Crippen molar-refractivity contribution in [3.8, 4) is 0 Å². The number of anilines is 2. The Labute approximate surface area is 197 Å². The number of morpholine rings is 1. The minimum absolute atomic E-state index is 0.0228. The molecule has 1 amide bonds. The first-order chi connectivity index (χ1) is 15.0. The second kappa shape index (κ2) is 9.94. The molecule has 0 unspecified atom stereocenters. The van der Waals surface area contributed by atoms with Gasteiger partial charge >= 0.3 is 0 Å². The monoisotopic (exact) mass is 521 g/mol. The van der Waals surface area contributed by atoms with Crippen LogP contribution in [0.5, 0.6) is 0 Å². The summed E-state index contributed by atoms with van der Waals surface area (Å²) in [5, 5.41) is 3.17. The van der Waals surface area contributed by atoms with E-state index in [0.29, 0.717) is 28.9 Å². The largest absolute Gasteiger partial charge is 0.379 e. The van der Waals surface area contributed by atoms with Gasteiger partial charge in [-0.25, -0.2) is 16.8 Å². The molecule has 1 aliphatic rings. The Morgan fingerprint density at radius 2 is 1.59 bits per heavy atom. The van der Waals surface area contributed by atoms with Crippen LogP contribution in [-0.2, 0) is 29.6 Å². The third-order valence-corrected chi connectivity index (χ3v) is 8.06. The molecule has 1 saturated heterocycles. The summed E-state index contributed by atoms with van der Waals surface area (Å²) in [4.78, 5) is 12.5. The molecular weight excluding hydrogens is 501 g/mol. The fourth-order valence-electron chi connectivity index (χ4n) is 3.08. The van der Waals surface area contributed by atoms with Gasteiger partial charge < -0.3 is 10.1 Å². The molecule has 9 nitrogen and oxygen atoms in total. The van der Waals surface area contributed by atoms with Crippen molar-refractivity contribution in [2.75, 3.05) is 48.7 Å². The van der Waals surface area contributed by atoms with Crippen molar-refractivity contribution in [3.05, 3.63) is 52.5 Å². The molecule has 0 saturated carbocycles. The van der Waals surface area contributed by atoms with Gasteiger partial charge in [0.05, 0.1) is 30.1 Å². The third kappa shape index (κ3) is 6.12. The minimum Gasteiger partial charge on any atom is -0.379 e. The maximum Gasteiger partial charge on any atom is 0.245 e. The van der Waals surface area contributed by atoms with Gasteiger partial charge in [-0.3, -0.25) is 9.10 Å². The second-order valence-corrected chi connectivity index (χ2v) is 11.7. The van der Waals surface area contributed by atoms with E-state index in [9.17, 15) is 21.6 Å². The molecule has 3 rings (SSSR count). The highest BCUT2D eigenvalue weighted by atomic mass is 35.5. The fourth-order valence-corrected chi connectivity index (χ4v) is 5.87. The van der Waals surface area contributed by atoms with E-state index in [2.05, 4.69) is 5.32 Å². The Bertz CT molecular complexity index is 1180. The summed E-state index contributed by atoms with van der Waals surface area (Å²) in [5.41, 5.74) is 0.459. The average molecular weight is 522 g/mol. The summed E-state index contributed by atoms with van der Waals surface area (Å²) >= 11 is 11.8. The van der Waals surface area contributed by atoms with Crippen LogP contribution < -0.4 is 9.62 Å². The van der Waals surface area contributed by atoms with Crippen molar-refractivity contribution in [1.82, 2.24) is 4.31 Å². The topological polar surface area (TPSA) is 113 Å². The lowest BCUT2D eigenvalue weighted by molar-refractivity contribution is -0.114. The molecule has 1 aliphatic heterocycles. The van der Waals surface area contributed by atoms with Crippen molar-refractivity contribution in [2.24, 2.45) is 0 Å². The summed E-state index contributed by atoms with van der Waals surface area (Å²) in [5.74, 6) is -0.626. The molecule has 2 aromatic rings. The van der Waals surface area contributed by atoms with Gasteiger partial charge in [-0.2, -0.15) is 4.31 Å². The quantitative estimate of drug-likeness (QED) is 0.598. The van der Waals surface area contributed by atoms with Gasteiger partial charge in [0.25, 0.3) is 0 Å². The van der Waals surface area contributed by atoms with Crippen LogP contribution in [-0.4, -0.2) is 66.2 Å². The lowest BCUT2D eigenvalue weighted by atomic mass is 10.3. The van der Waals surface area contributed by atoms with Crippen LogP contribution >= 0.6 is 23.2 Å². The van der Waals surface area contributed by atoms with Gasteiger partial charge in [-0.05, 0) is 42.5 Å². The van der Waals surface area contributed by atoms with Gasteiger partial charge in [-0.15, -0.1) is 0 Å². The number of nitrogens with zero attached hydrogens (tertiary/aromatic N) is 2. The van der Waals surface area contributed by atoms with Crippen molar-refractivity contribution >= 4 is 60.5 Å². The van der Waals surface area contributed by atoms with Crippen LogP contribution in [0.15, 0.2) is 47.4 Å². The van der Waals surface area contributed by atoms with Crippen LogP contribution in [0.1, 0.15) is 0 Å². The molecular formula is C19H21Cl2N3O6S2. The lowest BCUT2D eigenvalue weighted by Crippen LogP contribution is -2.40. The molecule has 174 valence electrons. The summed E-state index contributed by atoms with van der Waals surface area (Å²) in [7, 11) is -7.58. The number of hydrogen-bond donors (Lipinski definition) is 1. The Morgan fingerprint density at radius 1 is 1.03 bits per heavy atom. The lowest BCUT2D eigenvalue weighted by Gasteiger charge is -2.26. The summed E-state index contributed by atoms with van der Waals surface area (Å²) in [6, 6.07) is 9.76. The standard InChI is InChI=1S/C19H21Cl2N3O6S2/c1-31(26,27)24(13-19(25)22-16-11-14(20)10-15(21)12-16)17-2-4-18(5-3-17)32(28,29)23-6-8-30-9-7-23/h2-5,10-12H,6-9,13H2,1H3,(H,22,25). The number of hydrogen-bond acceptors (Lipinski definition) is 6. The van der Waals surface area contributed by atoms with E-state index in [1.807, 2.05) is 0 Å². The number of nitrogens with one attached hydrogen (secondary N) is 1. The normalized spacial score (nSPS) is 15.3. The highest BCUT2D eigenvalue weighted by Gasteiger charge is 2.27. The zero-order valence-corrected chi connectivity index (χ0v) is 20.1. The molecule has 0 aliphatic carbocycles. The van der Waals surface area contributed by atoms with Crippen LogP contribution in [0.4, 0.5) is 11.4 Å². The smallest absolute Gasteiger partial charge is 0.245 e. The van der Waals surface area contributed by atoms with E-state index in [1.54, 1.807) is 0 Å². The van der Waals surface area contributed by atoms with Crippen LogP contribution in [0.3, 0.4) is 0 Å². The van der Waals surface area contributed by atoms with Crippen molar-refractivity contribution in [1.29, 1.82) is 0 Å². The first kappa shape index (κ1) is 24.7. The van der Waals surface area contributed by atoms with E-state index < -0.39 is 32.5 Å². The SMILES string of the molecule is CS(=O)(=O)N(CC(=O)Nc1cc(Cl)cc(Cl)c1)c1ccc(S(=O)(=O)N2CCOCC2)cc1. The predicted octanol–water partition coefficient (Wildman–Crippen LogP) is 2.42. The molecule has 13 heteroatoms. The van der Waals surface area contributed by atoms with Crippen molar-refractivity contribution < 1.29 is 26.4 Å². The third-order valence-electron chi connectivity index (χ3n) is 4.57. The number of benzene rings is 2. The van der Waals surface area contributed by atoms with E-state index >= 15 is 0 Å². The summed E-state index contributed by atoms with van der Waals surface area (Å²) in [6.07, 6.45) is 0.953. The van der Waals surface area contributed by atoms with E-state index in [1.165, 1.54) is 46.8 Å². The Hall–Kier alpha value is -1.89. The molecule has 2 aromatic carbocycles.